The molecule has 0 radical (unpaired) electrons. The minimum Gasteiger partial charge on any atom is -0.323 e. The average molecular weight is 237 g/mol. The standard InChI is InChI=1S/C12H19N3O2/c1-2-5-15-6-8-3-4-9(7-15)12(8)10(16)13-11(17)14-12/h8-9H,2-7H2,1H3,(H2,13,14,16,17)/t8-,9-/m1/s1. The Hall–Kier alpha value is -1.10. The Morgan fingerprint density at radius 1 is 1.29 bits per heavy atom. The van der Waals surface area contributed by atoms with Crippen LogP contribution in [0.3, 0.4) is 0 Å². The van der Waals surface area contributed by atoms with E-state index >= 15 is 0 Å². The van der Waals surface area contributed by atoms with Gasteiger partial charge in [0.05, 0.1) is 0 Å². The van der Waals surface area contributed by atoms with Crippen molar-refractivity contribution >= 4 is 11.9 Å². The van der Waals surface area contributed by atoms with Crippen LogP contribution in [-0.4, -0.2) is 42.0 Å². The zero-order valence-corrected chi connectivity index (χ0v) is 10.2. The maximum absolute atomic E-state index is 12.1. The molecule has 1 saturated carbocycles. The van der Waals surface area contributed by atoms with E-state index in [0.29, 0.717) is 11.8 Å². The monoisotopic (exact) mass is 237 g/mol. The zero-order valence-electron chi connectivity index (χ0n) is 10.2. The van der Waals surface area contributed by atoms with Gasteiger partial charge in [-0.05, 0) is 25.8 Å². The van der Waals surface area contributed by atoms with Crippen LogP contribution in [0.5, 0.6) is 0 Å². The molecule has 3 amide bonds. The van der Waals surface area contributed by atoms with Crippen molar-refractivity contribution in [3.63, 3.8) is 0 Å². The first kappa shape index (κ1) is 11.0. The minimum absolute atomic E-state index is 0.0915. The third kappa shape index (κ3) is 1.41. The third-order valence-corrected chi connectivity index (χ3v) is 4.57. The van der Waals surface area contributed by atoms with E-state index in [-0.39, 0.29) is 11.9 Å². The largest absolute Gasteiger partial charge is 0.323 e. The average Bonchev–Trinajstić information content (AvgIpc) is 2.66. The Balaban J connectivity index is 1.85. The number of carbonyl (C=O) groups excluding carboxylic acids is 2. The van der Waals surface area contributed by atoms with E-state index in [4.69, 9.17) is 0 Å². The number of hydrogen-bond donors (Lipinski definition) is 2. The smallest absolute Gasteiger partial charge is 0.322 e. The first-order valence-corrected chi connectivity index (χ1v) is 6.52. The molecule has 2 saturated heterocycles. The quantitative estimate of drug-likeness (QED) is 0.680. The van der Waals surface area contributed by atoms with Gasteiger partial charge in [0.2, 0.25) is 0 Å². The van der Waals surface area contributed by atoms with E-state index in [1.54, 1.807) is 0 Å². The summed E-state index contributed by atoms with van der Waals surface area (Å²) < 4.78 is 0. The van der Waals surface area contributed by atoms with Crippen LogP contribution in [-0.2, 0) is 4.79 Å². The van der Waals surface area contributed by atoms with Crippen LogP contribution in [0.2, 0.25) is 0 Å². The molecule has 0 aromatic carbocycles. The molecule has 5 nitrogen and oxygen atoms in total. The van der Waals surface area contributed by atoms with Crippen molar-refractivity contribution in [1.29, 1.82) is 0 Å². The number of urea groups is 1. The highest BCUT2D eigenvalue weighted by Crippen LogP contribution is 2.46. The Morgan fingerprint density at radius 3 is 2.41 bits per heavy atom. The number of rotatable bonds is 2. The molecule has 2 atom stereocenters. The molecule has 3 fully saturated rings. The number of carbonyl (C=O) groups is 2. The highest BCUT2D eigenvalue weighted by molar-refractivity contribution is 6.07. The van der Waals surface area contributed by atoms with Crippen LogP contribution in [0.15, 0.2) is 0 Å². The van der Waals surface area contributed by atoms with Gasteiger partial charge < -0.3 is 10.2 Å². The SMILES string of the molecule is CCCN1C[C@H]2CC[C@H](C1)C21NC(=O)NC1=O. The lowest BCUT2D eigenvalue weighted by Gasteiger charge is -2.43. The van der Waals surface area contributed by atoms with Crippen molar-refractivity contribution in [1.82, 2.24) is 15.5 Å². The van der Waals surface area contributed by atoms with Gasteiger partial charge in [0.25, 0.3) is 5.91 Å². The molecule has 17 heavy (non-hydrogen) atoms. The van der Waals surface area contributed by atoms with Gasteiger partial charge >= 0.3 is 6.03 Å². The van der Waals surface area contributed by atoms with Gasteiger partial charge in [0.15, 0.2) is 0 Å². The fourth-order valence-corrected chi connectivity index (χ4v) is 3.92. The molecule has 2 N–H and O–H groups in total. The molecule has 0 aromatic rings. The third-order valence-electron chi connectivity index (χ3n) is 4.57. The van der Waals surface area contributed by atoms with E-state index in [0.717, 1.165) is 38.9 Å². The first-order chi connectivity index (χ1) is 8.16. The summed E-state index contributed by atoms with van der Waals surface area (Å²) in [4.78, 5) is 25.9. The Labute approximate surface area is 101 Å². The lowest BCUT2D eigenvalue weighted by atomic mass is 9.77. The number of likely N-dealkylation sites (tertiary alicyclic amines) is 1. The molecule has 3 rings (SSSR count). The predicted octanol–water partition coefficient (Wildman–Crippen LogP) is 0.316. The summed E-state index contributed by atoms with van der Waals surface area (Å²) in [6.07, 6.45) is 3.25. The van der Waals surface area contributed by atoms with Crippen LogP contribution in [0.1, 0.15) is 26.2 Å². The van der Waals surface area contributed by atoms with Crippen LogP contribution >= 0.6 is 0 Å². The van der Waals surface area contributed by atoms with Gasteiger partial charge in [-0.3, -0.25) is 10.1 Å². The van der Waals surface area contributed by atoms with Gasteiger partial charge in [-0.25, -0.2) is 4.79 Å². The Kier molecular flexibility index (Phi) is 2.40. The van der Waals surface area contributed by atoms with Gasteiger partial charge in [0.1, 0.15) is 5.54 Å². The van der Waals surface area contributed by atoms with Gasteiger partial charge in [-0.2, -0.15) is 0 Å². The minimum atomic E-state index is -0.582. The van der Waals surface area contributed by atoms with Crippen molar-refractivity contribution in [2.45, 2.75) is 31.7 Å². The van der Waals surface area contributed by atoms with Gasteiger partial charge in [-0.15, -0.1) is 0 Å². The van der Waals surface area contributed by atoms with E-state index in [2.05, 4.69) is 22.5 Å². The molecule has 94 valence electrons. The number of nitrogens with one attached hydrogen (secondary N) is 2. The molecule has 3 aliphatic rings. The summed E-state index contributed by atoms with van der Waals surface area (Å²) in [5.74, 6) is 0.490. The van der Waals surface area contributed by atoms with Crippen molar-refractivity contribution < 1.29 is 9.59 Å². The molecule has 0 aromatic heterocycles. The normalized spacial score (nSPS) is 40.8. The van der Waals surface area contributed by atoms with Crippen molar-refractivity contribution in [3.8, 4) is 0 Å². The second-order valence-electron chi connectivity index (χ2n) is 5.51. The maximum Gasteiger partial charge on any atom is 0.322 e. The van der Waals surface area contributed by atoms with E-state index in [9.17, 15) is 9.59 Å². The van der Waals surface area contributed by atoms with Crippen LogP contribution in [0.4, 0.5) is 4.79 Å². The van der Waals surface area contributed by atoms with E-state index in [1.165, 1.54) is 0 Å². The topological polar surface area (TPSA) is 61.4 Å². The lowest BCUT2D eigenvalue weighted by Crippen LogP contribution is -2.63. The molecule has 0 unspecified atom stereocenters. The van der Waals surface area contributed by atoms with Crippen LogP contribution in [0.25, 0.3) is 0 Å². The summed E-state index contributed by atoms with van der Waals surface area (Å²) >= 11 is 0. The zero-order chi connectivity index (χ0) is 12.0. The summed E-state index contributed by atoms with van der Waals surface area (Å²) in [7, 11) is 0. The fraction of sp³-hybridized carbons (Fsp3) is 0.833. The maximum atomic E-state index is 12.1. The molecule has 2 aliphatic heterocycles. The number of hydrogen-bond acceptors (Lipinski definition) is 3. The second-order valence-corrected chi connectivity index (χ2v) is 5.51. The summed E-state index contributed by atoms with van der Waals surface area (Å²) in [6, 6.07) is -0.309. The van der Waals surface area contributed by atoms with Crippen molar-refractivity contribution in [2.24, 2.45) is 11.8 Å². The fourth-order valence-electron chi connectivity index (χ4n) is 3.92. The molecule has 2 heterocycles. The lowest BCUT2D eigenvalue weighted by molar-refractivity contribution is -0.129. The molecular formula is C12H19N3O2. The molecule has 1 aliphatic carbocycles. The highest BCUT2D eigenvalue weighted by Gasteiger charge is 2.62. The number of nitrogens with zero attached hydrogens (tertiary/aromatic N) is 1. The second kappa shape index (κ2) is 3.70. The Bertz CT molecular complexity index is 355. The van der Waals surface area contributed by atoms with Crippen molar-refractivity contribution in [2.75, 3.05) is 19.6 Å². The number of piperidine rings is 1. The first-order valence-electron chi connectivity index (χ1n) is 6.52. The molecule has 2 bridgehead atoms. The predicted molar refractivity (Wildman–Crippen MR) is 62.4 cm³/mol. The van der Waals surface area contributed by atoms with Crippen LogP contribution in [0, 0.1) is 11.8 Å². The van der Waals surface area contributed by atoms with Gasteiger partial charge in [-0.1, -0.05) is 6.92 Å². The summed E-state index contributed by atoms with van der Waals surface area (Å²) in [6.45, 7) is 5.16. The molecular weight excluding hydrogens is 218 g/mol. The van der Waals surface area contributed by atoms with E-state index in [1.807, 2.05) is 0 Å². The number of amides is 3. The summed E-state index contributed by atoms with van der Waals surface area (Å²) in [5, 5.41) is 5.33. The highest BCUT2D eigenvalue weighted by atomic mass is 16.2. The Morgan fingerprint density at radius 2 is 1.94 bits per heavy atom. The van der Waals surface area contributed by atoms with E-state index < -0.39 is 5.54 Å². The number of imide groups is 1. The van der Waals surface area contributed by atoms with Gasteiger partial charge in [0, 0.05) is 24.9 Å². The summed E-state index contributed by atoms with van der Waals surface area (Å²) in [5.41, 5.74) is -0.582. The van der Waals surface area contributed by atoms with Crippen LogP contribution < -0.4 is 10.6 Å². The molecule has 1 spiro atoms. The van der Waals surface area contributed by atoms with Crippen molar-refractivity contribution in [3.05, 3.63) is 0 Å². The molecule has 5 heteroatoms.